The fourth-order valence-corrected chi connectivity index (χ4v) is 2.54. The van der Waals surface area contributed by atoms with Crippen LogP contribution in [0.3, 0.4) is 0 Å². The number of furan rings is 1. The maximum Gasteiger partial charge on any atom is 0.224 e. The van der Waals surface area contributed by atoms with Crippen molar-refractivity contribution in [3.63, 3.8) is 0 Å². The van der Waals surface area contributed by atoms with Gasteiger partial charge in [0.15, 0.2) is 0 Å². The van der Waals surface area contributed by atoms with Crippen LogP contribution < -0.4 is 5.32 Å². The minimum absolute atomic E-state index is 0.0722. The minimum atomic E-state index is -0.286. The molecule has 1 N–H and O–H groups in total. The largest absolute Gasteiger partial charge is 0.459 e. The van der Waals surface area contributed by atoms with Gasteiger partial charge in [0.2, 0.25) is 5.91 Å². The third-order valence-corrected chi connectivity index (χ3v) is 4.06. The van der Waals surface area contributed by atoms with Gasteiger partial charge in [-0.05, 0) is 54.1 Å². The van der Waals surface area contributed by atoms with Crippen molar-refractivity contribution in [2.75, 3.05) is 0 Å². The molecule has 1 aromatic heterocycles. The second-order valence-corrected chi connectivity index (χ2v) is 6.27. The summed E-state index contributed by atoms with van der Waals surface area (Å²) in [5.41, 5.74) is 1.74. The standard InChI is InChI=1S/C19H15BrFNO2/c20-15-5-1-13(2-6-15)11-19(23)22-12-17-9-10-18(24-17)14-3-7-16(21)8-4-14/h1-10H,11-12H2,(H,22,23). The fraction of sp³-hybridized carbons (Fsp3) is 0.105. The lowest BCUT2D eigenvalue weighted by molar-refractivity contribution is -0.120. The van der Waals surface area contributed by atoms with E-state index in [-0.39, 0.29) is 11.7 Å². The monoisotopic (exact) mass is 387 g/mol. The highest BCUT2D eigenvalue weighted by Crippen LogP contribution is 2.22. The molecule has 3 rings (SSSR count). The summed E-state index contributed by atoms with van der Waals surface area (Å²) in [6.07, 6.45) is 0.318. The van der Waals surface area contributed by atoms with E-state index in [0.29, 0.717) is 24.5 Å². The molecule has 0 saturated carbocycles. The number of hydrogen-bond donors (Lipinski definition) is 1. The summed E-state index contributed by atoms with van der Waals surface area (Å²) in [4.78, 5) is 12.0. The van der Waals surface area contributed by atoms with Crippen LogP contribution in [0, 0.1) is 5.82 Å². The van der Waals surface area contributed by atoms with Gasteiger partial charge in [0.05, 0.1) is 13.0 Å². The molecule has 0 fully saturated rings. The predicted molar refractivity (Wildman–Crippen MR) is 93.8 cm³/mol. The Kier molecular flexibility index (Phi) is 5.11. The summed E-state index contributed by atoms with van der Waals surface area (Å²) in [6, 6.07) is 17.3. The predicted octanol–water partition coefficient (Wildman–Crippen LogP) is 4.71. The van der Waals surface area contributed by atoms with E-state index in [1.807, 2.05) is 30.3 Å². The minimum Gasteiger partial charge on any atom is -0.459 e. The second kappa shape index (κ2) is 7.45. The van der Waals surface area contributed by atoms with Crippen LogP contribution in [-0.4, -0.2) is 5.91 Å². The fourth-order valence-electron chi connectivity index (χ4n) is 2.28. The smallest absolute Gasteiger partial charge is 0.224 e. The molecular weight excluding hydrogens is 373 g/mol. The van der Waals surface area contributed by atoms with Gasteiger partial charge in [-0.15, -0.1) is 0 Å². The van der Waals surface area contributed by atoms with E-state index in [4.69, 9.17) is 4.42 Å². The highest BCUT2D eigenvalue weighted by atomic mass is 79.9. The molecule has 0 atom stereocenters. The SMILES string of the molecule is O=C(Cc1ccc(Br)cc1)NCc1ccc(-c2ccc(F)cc2)o1. The van der Waals surface area contributed by atoms with E-state index in [0.717, 1.165) is 15.6 Å². The molecule has 0 aliphatic carbocycles. The first-order valence-corrected chi connectivity index (χ1v) is 8.25. The number of halogens is 2. The Hall–Kier alpha value is -2.40. The topological polar surface area (TPSA) is 42.2 Å². The summed E-state index contributed by atoms with van der Waals surface area (Å²) in [6.45, 7) is 0.316. The first-order valence-electron chi connectivity index (χ1n) is 7.46. The molecule has 0 saturated heterocycles. The van der Waals surface area contributed by atoms with Crippen LogP contribution in [-0.2, 0) is 17.8 Å². The molecular formula is C19H15BrFNO2. The zero-order valence-electron chi connectivity index (χ0n) is 12.8. The first kappa shape index (κ1) is 16.5. The lowest BCUT2D eigenvalue weighted by Crippen LogP contribution is -2.24. The van der Waals surface area contributed by atoms with Crippen LogP contribution in [0.25, 0.3) is 11.3 Å². The molecule has 0 radical (unpaired) electrons. The van der Waals surface area contributed by atoms with E-state index in [1.165, 1.54) is 12.1 Å². The van der Waals surface area contributed by atoms with Gasteiger partial charge in [-0.3, -0.25) is 4.79 Å². The van der Waals surface area contributed by atoms with Crippen LogP contribution in [0.15, 0.2) is 69.6 Å². The van der Waals surface area contributed by atoms with Crippen LogP contribution in [0.1, 0.15) is 11.3 Å². The number of benzene rings is 2. The lowest BCUT2D eigenvalue weighted by Gasteiger charge is -2.04. The summed E-state index contributed by atoms with van der Waals surface area (Å²) in [5, 5.41) is 2.83. The van der Waals surface area contributed by atoms with Crippen molar-refractivity contribution >= 4 is 21.8 Å². The maximum atomic E-state index is 12.9. The molecule has 0 unspecified atom stereocenters. The van der Waals surface area contributed by atoms with E-state index in [1.54, 1.807) is 18.2 Å². The summed E-state index contributed by atoms with van der Waals surface area (Å²) in [5.74, 6) is 0.938. The Labute approximate surface area is 147 Å². The lowest BCUT2D eigenvalue weighted by atomic mass is 10.1. The zero-order valence-corrected chi connectivity index (χ0v) is 14.3. The van der Waals surface area contributed by atoms with Gasteiger partial charge >= 0.3 is 0 Å². The first-order chi connectivity index (χ1) is 11.6. The van der Waals surface area contributed by atoms with Crippen molar-refractivity contribution in [2.45, 2.75) is 13.0 Å². The Morgan fingerprint density at radius 1 is 1.00 bits per heavy atom. The third-order valence-electron chi connectivity index (χ3n) is 3.53. The number of rotatable bonds is 5. The van der Waals surface area contributed by atoms with E-state index in [9.17, 15) is 9.18 Å². The molecule has 0 bridgehead atoms. The van der Waals surface area contributed by atoms with Gasteiger partial charge in [-0.1, -0.05) is 28.1 Å². The van der Waals surface area contributed by atoms with Gasteiger partial charge in [0.1, 0.15) is 17.3 Å². The number of carbonyl (C=O) groups is 1. The van der Waals surface area contributed by atoms with Crippen molar-refractivity contribution in [1.29, 1.82) is 0 Å². The highest BCUT2D eigenvalue weighted by molar-refractivity contribution is 9.10. The van der Waals surface area contributed by atoms with Crippen molar-refractivity contribution in [3.05, 3.63) is 82.3 Å². The molecule has 3 nitrogen and oxygen atoms in total. The Bertz CT molecular complexity index is 825. The summed E-state index contributed by atoms with van der Waals surface area (Å²) in [7, 11) is 0. The Balaban J connectivity index is 1.56. The number of amides is 1. The van der Waals surface area contributed by atoms with Crippen LogP contribution >= 0.6 is 15.9 Å². The molecule has 3 aromatic rings. The van der Waals surface area contributed by atoms with Gasteiger partial charge in [0, 0.05) is 10.0 Å². The van der Waals surface area contributed by atoms with E-state index >= 15 is 0 Å². The number of hydrogen-bond acceptors (Lipinski definition) is 2. The molecule has 1 amide bonds. The van der Waals surface area contributed by atoms with Crippen molar-refractivity contribution in [1.82, 2.24) is 5.32 Å². The van der Waals surface area contributed by atoms with Crippen molar-refractivity contribution in [2.24, 2.45) is 0 Å². The van der Waals surface area contributed by atoms with E-state index in [2.05, 4.69) is 21.2 Å². The van der Waals surface area contributed by atoms with Crippen molar-refractivity contribution in [3.8, 4) is 11.3 Å². The molecule has 24 heavy (non-hydrogen) atoms. The second-order valence-electron chi connectivity index (χ2n) is 5.35. The molecule has 1 heterocycles. The quantitative estimate of drug-likeness (QED) is 0.688. The molecule has 0 aliphatic heterocycles. The maximum absolute atomic E-state index is 12.9. The summed E-state index contributed by atoms with van der Waals surface area (Å²) >= 11 is 3.36. The summed E-state index contributed by atoms with van der Waals surface area (Å²) < 4.78 is 19.6. The average Bonchev–Trinajstić information content (AvgIpc) is 3.05. The third kappa shape index (κ3) is 4.32. The molecule has 2 aromatic carbocycles. The molecule has 5 heteroatoms. The Morgan fingerprint density at radius 2 is 1.71 bits per heavy atom. The van der Waals surface area contributed by atoms with Crippen LogP contribution in [0.4, 0.5) is 4.39 Å². The normalized spacial score (nSPS) is 10.6. The zero-order chi connectivity index (χ0) is 16.9. The average molecular weight is 388 g/mol. The van der Waals surface area contributed by atoms with Gasteiger partial charge in [0.25, 0.3) is 0 Å². The van der Waals surface area contributed by atoms with Gasteiger partial charge < -0.3 is 9.73 Å². The van der Waals surface area contributed by atoms with Crippen molar-refractivity contribution < 1.29 is 13.6 Å². The van der Waals surface area contributed by atoms with E-state index < -0.39 is 0 Å². The Morgan fingerprint density at radius 3 is 2.42 bits per heavy atom. The molecule has 0 spiro atoms. The number of carbonyl (C=O) groups excluding carboxylic acids is 1. The van der Waals surface area contributed by atoms with Gasteiger partial charge in [-0.2, -0.15) is 0 Å². The van der Waals surface area contributed by atoms with Crippen LogP contribution in [0.5, 0.6) is 0 Å². The highest BCUT2D eigenvalue weighted by Gasteiger charge is 2.07. The van der Waals surface area contributed by atoms with Gasteiger partial charge in [-0.25, -0.2) is 4.39 Å². The van der Waals surface area contributed by atoms with Crippen LogP contribution in [0.2, 0.25) is 0 Å². The molecule has 0 aliphatic rings. The number of nitrogens with one attached hydrogen (secondary N) is 1. The molecule has 122 valence electrons.